The van der Waals surface area contributed by atoms with Crippen LogP contribution in [0.5, 0.6) is 0 Å². The number of anilines is 1. The summed E-state index contributed by atoms with van der Waals surface area (Å²) in [6.45, 7) is 2.94. The molecule has 3 fully saturated rings. The molecule has 14 heteroatoms. The van der Waals surface area contributed by atoms with Gasteiger partial charge in [0.05, 0.1) is 29.3 Å². The smallest absolute Gasteiger partial charge is 0.291 e. The Kier molecular flexibility index (Phi) is 5.52. The molecule has 0 radical (unpaired) electrons. The number of ether oxygens (including phenoxy) is 1. The quantitative estimate of drug-likeness (QED) is 0.510. The van der Waals surface area contributed by atoms with Crippen LogP contribution in [0.1, 0.15) is 43.5 Å². The number of aromatic nitrogens is 4. The zero-order chi connectivity index (χ0) is 25.1. The first-order valence-electron chi connectivity index (χ1n) is 11.6. The first-order valence-corrected chi connectivity index (χ1v) is 13.9. The van der Waals surface area contributed by atoms with Gasteiger partial charge in [0.1, 0.15) is 5.54 Å². The Labute approximate surface area is 209 Å². The van der Waals surface area contributed by atoms with Crippen molar-refractivity contribution in [2.24, 2.45) is 5.41 Å². The summed E-state index contributed by atoms with van der Waals surface area (Å²) in [4.78, 5) is 2.12. The van der Waals surface area contributed by atoms with Crippen molar-refractivity contribution >= 4 is 38.0 Å². The summed E-state index contributed by atoms with van der Waals surface area (Å²) >= 11 is 0.697. The van der Waals surface area contributed by atoms with E-state index in [9.17, 15) is 22.5 Å². The van der Waals surface area contributed by atoms with Crippen molar-refractivity contribution in [1.29, 1.82) is 5.26 Å². The second-order valence-electron chi connectivity index (χ2n) is 9.74. The fourth-order valence-electron chi connectivity index (χ4n) is 5.00. The average Bonchev–Trinajstić information content (AvgIpc) is 3.25. The topological polar surface area (TPSA) is 126 Å². The number of fused-ring (bicyclic) bond motifs is 1. The van der Waals surface area contributed by atoms with Crippen molar-refractivity contribution in [3.8, 4) is 11.2 Å². The first-order chi connectivity index (χ1) is 17.2. The number of sulfonamides is 1. The molecule has 1 spiro atoms. The minimum Gasteiger partial charge on any atom is -0.381 e. The molecule has 1 N–H and O–H groups in total. The van der Waals surface area contributed by atoms with E-state index in [1.807, 2.05) is 6.07 Å². The molecule has 10 nitrogen and oxygen atoms in total. The number of nitrogens with one attached hydrogen (secondary N) is 1. The van der Waals surface area contributed by atoms with E-state index < -0.39 is 27.0 Å². The maximum atomic E-state index is 13.3. The number of nitrogens with zero attached hydrogens (tertiary/aromatic N) is 6. The van der Waals surface area contributed by atoms with Crippen LogP contribution in [0.3, 0.4) is 0 Å². The maximum absolute atomic E-state index is 13.3. The summed E-state index contributed by atoms with van der Waals surface area (Å²) in [5.41, 5.74) is 0.179. The van der Waals surface area contributed by atoms with Crippen molar-refractivity contribution in [3.63, 3.8) is 0 Å². The van der Waals surface area contributed by atoms with Gasteiger partial charge >= 0.3 is 0 Å². The van der Waals surface area contributed by atoms with Crippen LogP contribution in [0.25, 0.3) is 16.0 Å². The fraction of sp³-hybridized carbons (Fsp3) is 0.545. The molecule has 3 aromatic rings. The summed E-state index contributed by atoms with van der Waals surface area (Å²) in [7, 11) is -4.04. The molecular formula is C22H23F2N7O3S2. The number of hydrogen-bond donors (Lipinski definition) is 1. The molecule has 0 unspecified atom stereocenters. The number of nitriles is 1. The van der Waals surface area contributed by atoms with Gasteiger partial charge in [-0.25, -0.2) is 21.9 Å². The molecule has 36 heavy (non-hydrogen) atoms. The van der Waals surface area contributed by atoms with E-state index >= 15 is 0 Å². The van der Waals surface area contributed by atoms with Crippen molar-refractivity contribution in [3.05, 3.63) is 23.3 Å². The molecule has 4 heterocycles. The van der Waals surface area contributed by atoms with E-state index in [1.165, 1.54) is 10.7 Å². The van der Waals surface area contributed by atoms with E-state index in [1.54, 1.807) is 12.3 Å². The average molecular weight is 536 g/mol. The number of hydrogen-bond acceptors (Lipinski definition) is 9. The van der Waals surface area contributed by atoms with E-state index in [0.717, 1.165) is 45.6 Å². The minimum absolute atomic E-state index is 0.0173. The lowest BCUT2D eigenvalue weighted by atomic mass is 9.78. The SMILES string of the molecule is N#CC1(NS(=O)(=O)c2cc(N3CCC4(CCOC4)CC3)c3cnn(-c4nnc(C(F)F)s4)c3c2)CC1. The summed E-state index contributed by atoms with van der Waals surface area (Å²) in [6.07, 6.45) is 2.59. The van der Waals surface area contributed by atoms with Gasteiger partial charge in [0.25, 0.3) is 6.43 Å². The lowest BCUT2D eigenvalue weighted by Crippen LogP contribution is -2.40. The van der Waals surface area contributed by atoms with E-state index in [-0.39, 0.29) is 15.4 Å². The molecule has 2 saturated heterocycles. The Morgan fingerprint density at radius 2 is 1.94 bits per heavy atom. The van der Waals surface area contributed by atoms with Gasteiger partial charge in [0.2, 0.25) is 15.2 Å². The van der Waals surface area contributed by atoms with Crippen molar-refractivity contribution in [1.82, 2.24) is 24.7 Å². The van der Waals surface area contributed by atoms with Gasteiger partial charge in [-0.15, -0.1) is 10.2 Å². The Morgan fingerprint density at radius 3 is 2.56 bits per heavy atom. The highest BCUT2D eigenvalue weighted by molar-refractivity contribution is 7.89. The Hall–Kier alpha value is -2.73. The monoisotopic (exact) mass is 535 g/mol. The molecule has 0 amide bonds. The molecule has 2 aliphatic heterocycles. The highest BCUT2D eigenvalue weighted by atomic mass is 32.2. The third-order valence-electron chi connectivity index (χ3n) is 7.39. The number of rotatable bonds is 6. The van der Waals surface area contributed by atoms with E-state index in [2.05, 4.69) is 24.9 Å². The second-order valence-corrected chi connectivity index (χ2v) is 12.4. The normalized spacial score (nSPS) is 20.9. The standard InChI is InChI=1S/C22H23F2N7O3S2/c23-18(24)19-27-28-20(35-19)31-17-10-14(36(32,33)29-22(12-25)1-2-22)9-16(15(17)11-26-31)30-6-3-21(4-7-30)5-8-34-13-21/h9-11,18,29H,1-8,13H2. The molecule has 3 aliphatic rings. The predicted molar refractivity (Wildman–Crippen MR) is 127 cm³/mol. The number of benzene rings is 1. The molecule has 1 saturated carbocycles. The lowest BCUT2D eigenvalue weighted by molar-refractivity contribution is 0.134. The zero-order valence-electron chi connectivity index (χ0n) is 19.2. The number of halogens is 2. The molecule has 0 bridgehead atoms. The molecule has 2 aromatic heterocycles. The number of alkyl halides is 2. The largest absolute Gasteiger partial charge is 0.381 e. The van der Waals surface area contributed by atoms with Gasteiger partial charge in [0, 0.05) is 30.8 Å². The van der Waals surface area contributed by atoms with Gasteiger partial charge < -0.3 is 9.64 Å². The zero-order valence-corrected chi connectivity index (χ0v) is 20.8. The van der Waals surface area contributed by atoms with Crippen molar-refractivity contribution < 1.29 is 21.9 Å². The third-order valence-corrected chi connectivity index (χ3v) is 9.81. The lowest BCUT2D eigenvalue weighted by Gasteiger charge is -2.39. The van der Waals surface area contributed by atoms with Gasteiger partial charge in [-0.2, -0.15) is 15.1 Å². The van der Waals surface area contributed by atoms with Crippen LogP contribution in [0.4, 0.5) is 14.5 Å². The summed E-state index contributed by atoms with van der Waals surface area (Å²) in [5.74, 6) is 0. The number of piperidine rings is 1. The van der Waals surface area contributed by atoms with Crippen LogP contribution in [0, 0.1) is 16.7 Å². The highest BCUT2D eigenvalue weighted by Crippen LogP contribution is 2.43. The summed E-state index contributed by atoms with van der Waals surface area (Å²) in [5, 5.41) is 21.5. The Balaban J connectivity index is 1.44. The van der Waals surface area contributed by atoms with Crippen LogP contribution < -0.4 is 9.62 Å². The molecule has 0 atom stereocenters. The van der Waals surface area contributed by atoms with E-state index in [4.69, 9.17) is 4.74 Å². The van der Waals surface area contributed by atoms with Crippen LogP contribution in [-0.2, 0) is 14.8 Å². The second kappa shape index (κ2) is 8.41. The van der Waals surface area contributed by atoms with Gasteiger partial charge in [-0.1, -0.05) is 11.3 Å². The highest BCUT2D eigenvalue weighted by Gasteiger charge is 2.47. The first kappa shape index (κ1) is 23.7. The molecule has 6 rings (SSSR count). The van der Waals surface area contributed by atoms with Gasteiger partial charge in [-0.05, 0) is 49.7 Å². The fourth-order valence-corrected chi connectivity index (χ4v) is 7.08. The Bertz CT molecular complexity index is 1460. The van der Waals surface area contributed by atoms with Crippen molar-refractivity contribution in [2.45, 2.75) is 49.0 Å². The summed E-state index contributed by atoms with van der Waals surface area (Å²) in [6, 6.07) is 5.10. The van der Waals surface area contributed by atoms with Crippen LogP contribution in [0.15, 0.2) is 23.2 Å². The summed E-state index contributed by atoms with van der Waals surface area (Å²) < 4.78 is 62.5. The predicted octanol–water partition coefficient (Wildman–Crippen LogP) is 3.16. The maximum Gasteiger partial charge on any atom is 0.291 e. The molecular weight excluding hydrogens is 512 g/mol. The van der Waals surface area contributed by atoms with Gasteiger partial charge in [-0.3, -0.25) is 0 Å². The van der Waals surface area contributed by atoms with Crippen LogP contribution in [-0.4, -0.2) is 60.2 Å². The minimum atomic E-state index is -4.04. The molecule has 1 aromatic carbocycles. The van der Waals surface area contributed by atoms with Gasteiger partial charge in [0.15, 0.2) is 5.01 Å². The third kappa shape index (κ3) is 4.03. The van der Waals surface area contributed by atoms with E-state index in [0.29, 0.717) is 40.8 Å². The van der Waals surface area contributed by atoms with Crippen molar-refractivity contribution in [2.75, 3.05) is 31.2 Å². The molecule has 190 valence electrons. The molecule has 1 aliphatic carbocycles. The Morgan fingerprint density at radius 1 is 1.17 bits per heavy atom. The van der Waals surface area contributed by atoms with Crippen LogP contribution in [0.2, 0.25) is 0 Å². The van der Waals surface area contributed by atoms with Crippen LogP contribution >= 0.6 is 11.3 Å².